The molecule has 0 aromatic heterocycles. The topological polar surface area (TPSA) is 32.3 Å². The summed E-state index contributed by atoms with van der Waals surface area (Å²) >= 11 is 0. The van der Waals surface area contributed by atoms with Crippen LogP contribution >= 0.6 is 0 Å². The molecule has 2 radical (unpaired) electrons. The van der Waals surface area contributed by atoms with Crippen LogP contribution in [0.15, 0.2) is 0 Å². The van der Waals surface area contributed by atoms with Gasteiger partial charge in [0.25, 0.3) is 0 Å². The maximum absolute atomic E-state index is 11.2. The van der Waals surface area contributed by atoms with E-state index in [0.29, 0.717) is 6.04 Å². The Labute approximate surface area is 75.9 Å². The molecule has 0 aromatic rings. The fraction of sp³-hybridized carbons (Fsp3) is 0.875. The number of nitrogens with one attached hydrogen (secondary N) is 1. The van der Waals surface area contributed by atoms with Gasteiger partial charge in [-0.2, -0.15) is 0 Å². The van der Waals surface area contributed by atoms with Crippen molar-refractivity contribution in [2.45, 2.75) is 32.7 Å². The Kier molecular flexibility index (Phi) is 5.81. The molecule has 1 unspecified atom stereocenters. The first-order chi connectivity index (χ1) is 5.63. The molecule has 0 heterocycles. The second-order valence-electron chi connectivity index (χ2n) is 3.02. The lowest BCUT2D eigenvalue weighted by atomic mass is 10.2. The van der Waals surface area contributed by atoms with E-state index < -0.39 is 0 Å². The summed E-state index contributed by atoms with van der Waals surface area (Å²) < 4.78 is 0. The van der Waals surface area contributed by atoms with Crippen LogP contribution in [-0.2, 0) is 4.79 Å². The molecule has 3 nitrogen and oxygen atoms in total. The van der Waals surface area contributed by atoms with Gasteiger partial charge in [-0.15, -0.1) is 0 Å². The van der Waals surface area contributed by atoms with E-state index in [0.717, 1.165) is 12.8 Å². The monoisotopic (exact) mass is 168 g/mol. The molecule has 0 aliphatic heterocycles. The van der Waals surface area contributed by atoms with Gasteiger partial charge in [-0.3, -0.25) is 4.79 Å². The number of likely N-dealkylation sites (N-methyl/N-ethyl adjacent to an activating group) is 1. The number of carbonyl (C=O) groups is 1. The standard InChI is InChI=1S/C8H17BN2O/c1-4-5-7(2)11(3)8(12)6-10-9/h7,10H,4-6H2,1-3H3. The van der Waals surface area contributed by atoms with E-state index in [1.807, 2.05) is 6.92 Å². The van der Waals surface area contributed by atoms with Gasteiger partial charge in [-0.25, -0.2) is 0 Å². The van der Waals surface area contributed by atoms with Crippen LogP contribution in [0.25, 0.3) is 0 Å². The normalized spacial score (nSPS) is 12.6. The van der Waals surface area contributed by atoms with Gasteiger partial charge in [0.15, 0.2) is 7.98 Å². The van der Waals surface area contributed by atoms with Crippen molar-refractivity contribution >= 4 is 13.9 Å². The highest BCUT2D eigenvalue weighted by molar-refractivity contribution is 6.06. The SMILES string of the molecule is [B]NCC(=O)N(C)C(C)CCC. The summed E-state index contributed by atoms with van der Waals surface area (Å²) in [6, 6.07) is 0.302. The van der Waals surface area contributed by atoms with E-state index in [1.54, 1.807) is 11.9 Å². The molecule has 1 atom stereocenters. The van der Waals surface area contributed by atoms with Crippen molar-refractivity contribution in [1.82, 2.24) is 10.1 Å². The van der Waals surface area contributed by atoms with Gasteiger partial charge in [0.05, 0.1) is 6.54 Å². The lowest BCUT2D eigenvalue weighted by Gasteiger charge is -2.24. The molecule has 0 saturated heterocycles. The van der Waals surface area contributed by atoms with Crippen molar-refractivity contribution < 1.29 is 4.79 Å². The zero-order valence-corrected chi connectivity index (χ0v) is 8.13. The molecule has 1 N–H and O–H groups in total. The first-order valence-corrected chi connectivity index (χ1v) is 4.32. The van der Waals surface area contributed by atoms with Crippen LogP contribution < -0.4 is 5.23 Å². The Hall–Kier alpha value is -0.505. The summed E-state index contributed by atoms with van der Waals surface area (Å²) in [5.41, 5.74) is 0. The highest BCUT2D eigenvalue weighted by Crippen LogP contribution is 2.03. The fourth-order valence-electron chi connectivity index (χ4n) is 1.07. The lowest BCUT2D eigenvalue weighted by molar-refractivity contribution is -0.130. The molecule has 1 amide bonds. The lowest BCUT2D eigenvalue weighted by Crippen LogP contribution is -2.40. The van der Waals surface area contributed by atoms with Gasteiger partial charge >= 0.3 is 0 Å². The Balaban J connectivity index is 3.82. The summed E-state index contributed by atoms with van der Waals surface area (Å²) in [4.78, 5) is 13.0. The Morgan fingerprint density at radius 3 is 2.67 bits per heavy atom. The summed E-state index contributed by atoms with van der Waals surface area (Å²) in [7, 11) is 6.85. The smallest absolute Gasteiger partial charge is 0.235 e. The third-order valence-electron chi connectivity index (χ3n) is 2.01. The van der Waals surface area contributed by atoms with E-state index in [-0.39, 0.29) is 12.5 Å². The molecule has 0 aromatic carbocycles. The summed E-state index contributed by atoms with van der Waals surface area (Å²) in [5.74, 6) is 0.0402. The van der Waals surface area contributed by atoms with Gasteiger partial charge in [-0.05, 0) is 13.3 Å². The van der Waals surface area contributed by atoms with Crippen molar-refractivity contribution in [2.75, 3.05) is 13.6 Å². The summed E-state index contributed by atoms with van der Waals surface area (Å²) in [5, 5.41) is 2.35. The number of hydrogen-bond donors (Lipinski definition) is 1. The third-order valence-corrected chi connectivity index (χ3v) is 2.01. The van der Waals surface area contributed by atoms with E-state index >= 15 is 0 Å². The highest BCUT2D eigenvalue weighted by Gasteiger charge is 2.12. The van der Waals surface area contributed by atoms with Crippen molar-refractivity contribution in [3.8, 4) is 0 Å². The summed E-state index contributed by atoms with van der Waals surface area (Å²) in [6.07, 6.45) is 2.13. The molecule has 0 aliphatic carbocycles. The molecular weight excluding hydrogens is 151 g/mol. The second-order valence-corrected chi connectivity index (χ2v) is 3.02. The van der Waals surface area contributed by atoms with Crippen LogP contribution in [0.5, 0.6) is 0 Å². The Morgan fingerprint density at radius 2 is 2.25 bits per heavy atom. The number of nitrogens with zero attached hydrogens (tertiary/aromatic N) is 1. The van der Waals surface area contributed by atoms with Crippen molar-refractivity contribution in [3.63, 3.8) is 0 Å². The van der Waals surface area contributed by atoms with Crippen molar-refractivity contribution in [3.05, 3.63) is 0 Å². The molecule has 0 rings (SSSR count). The minimum atomic E-state index is 0.0402. The molecular formula is C8H17BN2O. The van der Waals surface area contributed by atoms with Crippen LogP contribution in [0.1, 0.15) is 26.7 Å². The van der Waals surface area contributed by atoms with Crippen LogP contribution in [-0.4, -0.2) is 38.4 Å². The molecule has 0 aliphatic rings. The highest BCUT2D eigenvalue weighted by atomic mass is 16.2. The zero-order valence-electron chi connectivity index (χ0n) is 8.13. The third kappa shape index (κ3) is 3.76. The first-order valence-electron chi connectivity index (χ1n) is 4.32. The molecule has 0 saturated carbocycles. The molecule has 0 spiro atoms. The van der Waals surface area contributed by atoms with E-state index in [4.69, 9.17) is 7.98 Å². The Morgan fingerprint density at radius 1 is 1.67 bits per heavy atom. The van der Waals surface area contributed by atoms with Gasteiger partial charge in [-0.1, -0.05) is 13.3 Å². The minimum Gasteiger partial charge on any atom is -0.359 e. The van der Waals surface area contributed by atoms with E-state index in [2.05, 4.69) is 12.2 Å². The molecule has 12 heavy (non-hydrogen) atoms. The number of carbonyl (C=O) groups excluding carboxylic acids is 1. The molecule has 0 bridgehead atoms. The van der Waals surface area contributed by atoms with Crippen LogP contribution in [0.4, 0.5) is 0 Å². The van der Waals surface area contributed by atoms with Gasteiger partial charge in [0.1, 0.15) is 0 Å². The van der Waals surface area contributed by atoms with Gasteiger partial charge in [0.2, 0.25) is 5.91 Å². The zero-order chi connectivity index (χ0) is 9.56. The van der Waals surface area contributed by atoms with Gasteiger partial charge in [0, 0.05) is 13.1 Å². The largest absolute Gasteiger partial charge is 0.359 e. The van der Waals surface area contributed by atoms with Crippen LogP contribution in [0.3, 0.4) is 0 Å². The van der Waals surface area contributed by atoms with Crippen molar-refractivity contribution in [2.24, 2.45) is 0 Å². The van der Waals surface area contributed by atoms with Crippen molar-refractivity contribution in [1.29, 1.82) is 0 Å². The average Bonchev–Trinajstić information content (AvgIpc) is 2.04. The second kappa shape index (κ2) is 6.06. The van der Waals surface area contributed by atoms with Crippen LogP contribution in [0.2, 0.25) is 0 Å². The molecule has 4 heteroatoms. The minimum absolute atomic E-state index is 0.0402. The number of amides is 1. The molecule has 0 fully saturated rings. The van der Waals surface area contributed by atoms with Crippen LogP contribution in [0, 0.1) is 0 Å². The number of hydrogen-bond acceptors (Lipinski definition) is 2. The van der Waals surface area contributed by atoms with E-state index in [1.165, 1.54) is 0 Å². The maximum Gasteiger partial charge on any atom is 0.235 e. The van der Waals surface area contributed by atoms with Gasteiger partial charge < -0.3 is 10.1 Å². The first kappa shape index (κ1) is 11.5. The fourth-order valence-corrected chi connectivity index (χ4v) is 1.07. The average molecular weight is 168 g/mol. The quantitative estimate of drug-likeness (QED) is 0.599. The maximum atomic E-state index is 11.2. The Bertz CT molecular complexity index is 141. The molecule has 68 valence electrons. The number of rotatable bonds is 5. The predicted molar refractivity (Wildman–Crippen MR) is 50.9 cm³/mol. The summed E-state index contributed by atoms with van der Waals surface area (Å²) in [6.45, 7) is 4.36. The predicted octanol–water partition coefficient (Wildman–Crippen LogP) is 0.306. The van der Waals surface area contributed by atoms with E-state index in [9.17, 15) is 4.79 Å².